The number of aromatic nitrogens is 8. The molecular weight excluding hydrogens is 883 g/mol. The number of fused-ring (bicyclic) bond motifs is 2. The van der Waals surface area contributed by atoms with Gasteiger partial charge in [-0.15, -0.1) is 0 Å². The van der Waals surface area contributed by atoms with Crippen molar-refractivity contribution in [3.63, 3.8) is 0 Å². The Morgan fingerprint density at radius 3 is 1.90 bits per heavy atom. The molecule has 2 aromatic carbocycles. The number of nitrogens with zero attached hydrogens (tertiary/aromatic N) is 9. The van der Waals surface area contributed by atoms with E-state index in [0.717, 1.165) is 35.3 Å². The monoisotopic (exact) mass is 932 g/mol. The van der Waals surface area contributed by atoms with Crippen molar-refractivity contribution >= 4 is 74.3 Å². The van der Waals surface area contributed by atoms with Crippen LogP contribution in [0.5, 0.6) is 11.5 Å². The van der Waals surface area contributed by atoms with Crippen molar-refractivity contribution in [2.45, 2.75) is 60.3 Å². The predicted molar refractivity (Wildman–Crippen MR) is 235 cm³/mol. The lowest BCUT2D eigenvalue weighted by Crippen LogP contribution is -2.37. The summed E-state index contributed by atoms with van der Waals surface area (Å²) in [6.07, 6.45) is 4.59. The van der Waals surface area contributed by atoms with E-state index < -0.39 is 11.8 Å². The molecule has 0 saturated carbocycles. The van der Waals surface area contributed by atoms with E-state index in [4.69, 9.17) is 29.9 Å². The number of allylic oxidation sites excluding steroid dienone is 2. The Hall–Kier alpha value is -5.80. The van der Waals surface area contributed by atoms with Gasteiger partial charge in [-0.3, -0.25) is 39.3 Å². The van der Waals surface area contributed by atoms with Crippen molar-refractivity contribution in [3.8, 4) is 11.5 Å². The molecule has 7 rings (SSSR count). The van der Waals surface area contributed by atoms with Crippen LogP contribution < -0.4 is 25.8 Å². The van der Waals surface area contributed by atoms with Crippen molar-refractivity contribution < 1.29 is 28.6 Å². The van der Waals surface area contributed by atoms with E-state index in [9.17, 15) is 14.4 Å². The number of primary amides is 1. The summed E-state index contributed by atoms with van der Waals surface area (Å²) in [5.41, 5.74) is 10.6. The molecule has 60 heavy (non-hydrogen) atoms. The van der Waals surface area contributed by atoms with Gasteiger partial charge in [0.25, 0.3) is 11.8 Å². The number of morpholine rings is 1. The number of benzene rings is 2. The smallest absolute Gasteiger partial charge is 0.276 e. The maximum Gasteiger partial charge on any atom is 0.276 e. The quantitative estimate of drug-likeness (QED) is 0.0631. The summed E-state index contributed by atoms with van der Waals surface area (Å²) < 4.78 is 25.6. The fraction of sp³-hybridized carbons (Fsp3) is 0.390. The number of amides is 3. The van der Waals surface area contributed by atoms with Gasteiger partial charge < -0.3 is 29.1 Å². The molecule has 0 radical (unpaired) electrons. The maximum absolute atomic E-state index is 13.8. The molecule has 1 fully saturated rings. The van der Waals surface area contributed by atoms with Crippen LogP contribution in [0, 0.1) is 17.4 Å². The highest BCUT2D eigenvalue weighted by molar-refractivity contribution is 14.1. The Morgan fingerprint density at radius 1 is 0.817 bits per heavy atom. The van der Waals surface area contributed by atoms with Crippen LogP contribution in [0.25, 0.3) is 22.1 Å². The first kappa shape index (κ1) is 42.3. The number of nitrogens with two attached hydrogens (primary N) is 1. The van der Waals surface area contributed by atoms with Crippen LogP contribution in [-0.2, 0) is 30.9 Å². The van der Waals surface area contributed by atoms with Gasteiger partial charge in [0.1, 0.15) is 33.9 Å². The first-order valence-electron chi connectivity index (χ1n) is 19.8. The molecule has 19 heteroatoms. The van der Waals surface area contributed by atoms with E-state index in [2.05, 4.69) is 48.3 Å². The second-order valence-electron chi connectivity index (χ2n) is 14.3. The van der Waals surface area contributed by atoms with Crippen molar-refractivity contribution in [1.82, 2.24) is 43.6 Å². The van der Waals surface area contributed by atoms with Gasteiger partial charge in [-0.1, -0.05) is 12.2 Å². The first-order chi connectivity index (χ1) is 29.0. The van der Waals surface area contributed by atoms with Gasteiger partial charge in [0.2, 0.25) is 17.8 Å². The van der Waals surface area contributed by atoms with E-state index in [-0.39, 0.29) is 30.5 Å². The number of rotatable bonds is 17. The Balaban J connectivity index is 1.23. The number of carbonyl (C=O) groups is 3. The number of hydrogen-bond acceptors (Lipinski definition) is 11. The number of anilines is 2. The fourth-order valence-corrected chi connectivity index (χ4v) is 7.88. The van der Waals surface area contributed by atoms with Crippen LogP contribution in [-0.4, -0.2) is 108 Å². The third kappa shape index (κ3) is 9.16. The second-order valence-corrected chi connectivity index (χ2v) is 15.5. The van der Waals surface area contributed by atoms with Crippen LogP contribution in [0.15, 0.2) is 48.6 Å². The number of imidazole rings is 2. The van der Waals surface area contributed by atoms with E-state index in [1.54, 1.807) is 40.7 Å². The van der Waals surface area contributed by atoms with E-state index in [0.29, 0.717) is 89.5 Å². The Labute approximate surface area is 360 Å². The Morgan fingerprint density at radius 2 is 1.37 bits per heavy atom. The number of aryl methyl sites for hydroxylation is 4. The number of nitrogens with one attached hydrogen (secondary N) is 2. The highest BCUT2D eigenvalue weighted by Crippen LogP contribution is 2.33. The highest BCUT2D eigenvalue weighted by Gasteiger charge is 2.23. The zero-order valence-electron chi connectivity index (χ0n) is 34.3. The number of ether oxygens (including phenoxy) is 3. The number of methoxy groups -OCH3 is 1. The lowest BCUT2D eigenvalue weighted by atomic mass is 10.1. The number of halogens is 1. The Bertz CT molecular complexity index is 2580. The fourth-order valence-electron chi connectivity index (χ4n) is 7.31. The average Bonchev–Trinajstić information content (AvgIpc) is 4.00. The molecule has 1 aliphatic heterocycles. The average molecular weight is 933 g/mol. The van der Waals surface area contributed by atoms with Crippen LogP contribution in [0.4, 0.5) is 11.9 Å². The zero-order chi connectivity index (χ0) is 42.5. The van der Waals surface area contributed by atoms with E-state index in [1.807, 2.05) is 61.1 Å². The molecule has 4 N–H and O–H groups in total. The molecule has 1 aliphatic rings. The molecule has 316 valence electrons. The summed E-state index contributed by atoms with van der Waals surface area (Å²) in [7, 11) is 1.60. The summed E-state index contributed by atoms with van der Waals surface area (Å²) in [5, 5.41) is 14.9. The lowest BCUT2D eigenvalue weighted by Gasteiger charge is -2.26. The van der Waals surface area contributed by atoms with Crippen LogP contribution in [0.3, 0.4) is 0 Å². The van der Waals surface area contributed by atoms with Crippen molar-refractivity contribution in [3.05, 3.63) is 80.5 Å². The van der Waals surface area contributed by atoms with Gasteiger partial charge in [0, 0.05) is 54.9 Å². The van der Waals surface area contributed by atoms with Gasteiger partial charge in [-0.2, -0.15) is 10.2 Å². The predicted octanol–water partition coefficient (Wildman–Crippen LogP) is 5.01. The lowest BCUT2D eigenvalue weighted by molar-refractivity contribution is 0.0358. The minimum Gasteiger partial charge on any atom is -0.494 e. The minimum atomic E-state index is -0.632. The molecule has 5 heterocycles. The van der Waals surface area contributed by atoms with Gasteiger partial charge in [0.05, 0.1) is 49.4 Å². The molecule has 6 aromatic rings. The molecule has 0 unspecified atom stereocenters. The van der Waals surface area contributed by atoms with Crippen LogP contribution in [0.1, 0.15) is 63.0 Å². The maximum atomic E-state index is 13.8. The standard InChI is InChI=1S/C41H49IN12O6/c1-6-53-31(19-25(3)48-53)38(56)46-40-44-29-21-27(37(43)55)22-34(60-16-10-11-50-14-17-59-18-15-50)36(29)52(40)13-9-8-12-51-35-30(23-28(42)24-33(35)58-5)45-41(51)47-39(57)32-20-26(4)49-54(32)7-2/h8-9,19-24H,6-7,10-18H2,1-5H3,(H2,43,55)(H,44,46,56)(H,45,47,57)/b9-8+. The van der Waals surface area contributed by atoms with Crippen molar-refractivity contribution in [2.75, 3.05) is 57.2 Å². The minimum absolute atomic E-state index is 0.228. The molecule has 4 aromatic heterocycles. The third-order valence-corrected chi connectivity index (χ3v) is 10.7. The van der Waals surface area contributed by atoms with Gasteiger partial charge >= 0.3 is 0 Å². The van der Waals surface area contributed by atoms with Crippen LogP contribution >= 0.6 is 22.6 Å². The normalized spacial score (nSPS) is 13.4. The Kier molecular flexibility index (Phi) is 13.1. The van der Waals surface area contributed by atoms with Crippen LogP contribution in [0.2, 0.25) is 0 Å². The molecule has 1 saturated heterocycles. The van der Waals surface area contributed by atoms with Crippen molar-refractivity contribution in [2.24, 2.45) is 5.73 Å². The summed E-state index contributed by atoms with van der Waals surface area (Å²) in [6, 6.07) is 10.5. The SMILES string of the molecule is CCn1nc(C)cc1C(=O)Nc1nc2cc(I)cc(OC)c2n1C/C=C/Cn1c(NC(=O)c2cc(C)nn2CC)nc2cc(C(N)=O)cc(OCCCN3CCOCC3)c21. The molecule has 0 spiro atoms. The molecular formula is C41H49IN12O6. The summed E-state index contributed by atoms with van der Waals surface area (Å²) in [4.78, 5) is 51.9. The third-order valence-electron chi connectivity index (χ3n) is 10.1. The number of carbonyl (C=O) groups excluding carboxylic acids is 3. The molecule has 18 nitrogen and oxygen atoms in total. The molecule has 0 bridgehead atoms. The summed E-state index contributed by atoms with van der Waals surface area (Å²) >= 11 is 2.21. The molecule has 0 aliphatic carbocycles. The molecule has 3 amide bonds. The van der Waals surface area contributed by atoms with Gasteiger partial charge in [-0.25, -0.2) is 9.97 Å². The van der Waals surface area contributed by atoms with E-state index >= 15 is 0 Å². The first-order valence-corrected chi connectivity index (χ1v) is 20.9. The summed E-state index contributed by atoms with van der Waals surface area (Å²) in [5.74, 6) is 0.202. The highest BCUT2D eigenvalue weighted by atomic mass is 127. The number of hydrogen-bond donors (Lipinski definition) is 3. The summed E-state index contributed by atoms with van der Waals surface area (Å²) in [6.45, 7) is 13.4. The second kappa shape index (κ2) is 18.6. The zero-order valence-corrected chi connectivity index (χ0v) is 36.5. The van der Waals surface area contributed by atoms with Crippen molar-refractivity contribution in [1.29, 1.82) is 0 Å². The topological polar surface area (TPSA) is 203 Å². The van der Waals surface area contributed by atoms with Gasteiger partial charge in [0.15, 0.2) is 0 Å². The van der Waals surface area contributed by atoms with Gasteiger partial charge in [-0.05, 0) is 93.1 Å². The van der Waals surface area contributed by atoms with E-state index in [1.165, 1.54) is 0 Å². The largest absolute Gasteiger partial charge is 0.494 e. The molecule has 0 atom stereocenters.